The molecule has 1 unspecified atom stereocenters. The molecule has 0 rings (SSSR count). The van der Waals surface area contributed by atoms with Gasteiger partial charge in [-0.15, -0.1) is 0 Å². The van der Waals surface area contributed by atoms with Crippen molar-refractivity contribution >= 4 is 6.29 Å². The fraction of sp³-hybridized carbons (Fsp3) is 0.611. The van der Waals surface area contributed by atoms with Gasteiger partial charge in [-0.2, -0.15) is 0 Å². The van der Waals surface area contributed by atoms with Crippen molar-refractivity contribution < 1.29 is 9.72 Å². The minimum Gasteiger partial charge on any atom is -0.303 e. The van der Waals surface area contributed by atoms with Gasteiger partial charge in [0, 0.05) is 17.8 Å². The number of nitrogens with zero attached hydrogens (tertiary/aromatic N) is 1. The predicted octanol–water partition coefficient (Wildman–Crippen LogP) is 5.03. The van der Waals surface area contributed by atoms with Gasteiger partial charge in [-0.1, -0.05) is 50.1 Å². The summed E-state index contributed by atoms with van der Waals surface area (Å²) in [6, 6.07) is -0.565. The zero-order valence-corrected chi connectivity index (χ0v) is 13.7. The molecule has 1 atom stereocenters. The van der Waals surface area contributed by atoms with Crippen LogP contribution in [0.5, 0.6) is 0 Å². The molecule has 0 aromatic heterocycles. The molecule has 4 heteroatoms. The summed E-state index contributed by atoms with van der Waals surface area (Å²) in [4.78, 5) is 20.8. The normalized spacial score (nSPS) is 13.3. The van der Waals surface area contributed by atoms with E-state index >= 15 is 0 Å². The van der Waals surface area contributed by atoms with E-state index in [9.17, 15) is 14.9 Å². The maximum Gasteiger partial charge on any atom is 0.231 e. The molecule has 0 aromatic rings. The van der Waals surface area contributed by atoms with E-state index in [0.717, 1.165) is 51.2 Å². The summed E-state index contributed by atoms with van der Waals surface area (Å²) in [6.07, 6.45) is 20.6. The Hall–Kier alpha value is -1.71. The first kappa shape index (κ1) is 20.3. The summed E-state index contributed by atoms with van der Waals surface area (Å²) >= 11 is 0. The molecule has 0 heterocycles. The fourth-order valence-electron chi connectivity index (χ4n) is 2.01. The van der Waals surface area contributed by atoms with E-state index in [0.29, 0.717) is 12.8 Å². The average molecular weight is 307 g/mol. The van der Waals surface area contributed by atoms with Crippen molar-refractivity contribution in [2.24, 2.45) is 0 Å². The van der Waals surface area contributed by atoms with Crippen molar-refractivity contribution in [2.45, 2.75) is 70.8 Å². The Kier molecular flexibility index (Phi) is 14.5. The molecule has 0 bridgehead atoms. The Morgan fingerprint density at radius 2 is 1.77 bits per heavy atom. The van der Waals surface area contributed by atoms with Crippen LogP contribution in [0, 0.1) is 10.1 Å². The van der Waals surface area contributed by atoms with Crippen molar-refractivity contribution in [3.05, 3.63) is 46.6 Å². The van der Waals surface area contributed by atoms with Crippen molar-refractivity contribution in [1.82, 2.24) is 0 Å². The first-order valence-electron chi connectivity index (χ1n) is 8.27. The van der Waals surface area contributed by atoms with E-state index in [1.807, 2.05) is 12.2 Å². The second-order valence-corrected chi connectivity index (χ2v) is 5.32. The van der Waals surface area contributed by atoms with Crippen LogP contribution in [0.1, 0.15) is 64.7 Å². The van der Waals surface area contributed by atoms with Crippen molar-refractivity contribution in [1.29, 1.82) is 0 Å². The van der Waals surface area contributed by atoms with Crippen LogP contribution in [0.4, 0.5) is 0 Å². The molecule has 0 aliphatic rings. The maximum atomic E-state index is 10.9. The van der Waals surface area contributed by atoms with Gasteiger partial charge in [0.05, 0.1) is 0 Å². The first-order chi connectivity index (χ1) is 10.7. The van der Waals surface area contributed by atoms with Crippen LogP contribution in [0.15, 0.2) is 36.5 Å². The van der Waals surface area contributed by atoms with Crippen LogP contribution in [0.3, 0.4) is 0 Å². The van der Waals surface area contributed by atoms with E-state index in [-0.39, 0.29) is 4.92 Å². The second-order valence-electron chi connectivity index (χ2n) is 5.32. The number of aldehydes is 1. The molecule has 0 spiro atoms. The first-order valence-corrected chi connectivity index (χ1v) is 8.27. The van der Waals surface area contributed by atoms with Crippen molar-refractivity contribution in [3.8, 4) is 0 Å². The quantitative estimate of drug-likeness (QED) is 0.113. The number of carbonyl (C=O) groups is 1. The molecule has 4 nitrogen and oxygen atoms in total. The van der Waals surface area contributed by atoms with Gasteiger partial charge >= 0.3 is 0 Å². The maximum absolute atomic E-state index is 10.9. The number of hydrogen-bond acceptors (Lipinski definition) is 3. The van der Waals surface area contributed by atoms with Gasteiger partial charge < -0.3 is 4.79 Å². The van der Waals surface area contributed by atoms with E-state index in [1.165, 1.54) is 0 Å². The van der Waals surface area contributed by atoms with Crippen LogP contribution < -0.4 is 0 Å². The molecule has 0 saturated carbocycles. The molecule has 0 N–H and O–H groups in total. The van der Waals surface area contributed by atoms with E-state index < -0.39 is 6.04 Å². The van der Waals surface area contributed by atoms with Crippen LogP contribution in [-0.4, -0.2) is 17.3 Å². The predicted molar refractivity (Wildman–Crippen MR) is 91.5 cm³/mol. The smallest absolute Gasteiger partial charge is 0.231 e. The summed E-state index contributed by atoms with van der Waals surface area (Å²) in [5.74, 6) is 0. The molecular formula is C18H29NO3. The number of hydrogen-bond donors (Lipinski definition) is 0. The lowest BCUT2D eigenvalue weighted by atomic mass is 10.1. The lowest BCUT2D eigenvalue weighted by molar-refractivity contribution is -0.510. The van der Waals surface area contributed by atoms with E-state index in [1.54, 1.807) is 12.2 Å². The molecular weight excluding hydrogens is 278 g/mol. The zero-order valence-electron chi connectivity index (χ0n) is 13.7. The van der Waals surface area contributed by atoms with E-state index in [4.69, 9.17) is 0 Å². The van der Waals surface area contributed by atoms with Gasteiger partial charge in [0.2, 0.25) is 6.04 Å². The topological polar surface area (TPSA) is 60.2 Å². The summed E-state index contributed by atoms with van der Waals surface area (Å²) in [5, 5.41) is 10.9. The fourth-order valence-corrected chi connectivity index (χ4v) is 2.01. The molecule has 0 amide bonds. The third-order valence-corrected chi connectivity index (χ3v) is 3.34. The minimum absolute atomic E-state index is 0.209. The van der Waals surface area contributed by atoms with Crippen molar-refractivity contribution in [3.63, 3.8) is 0 Å². The van der Waals surface area contributed by atoms with Gasteiger partial charge in [0.1, 0.15) is 6.29 Å². The van der Waals surface area contributed by atoms with Gasteiger partial charge in [-0.25, -0.2) is 0 Å². The molecule has 0 aromatic carbocycles. The number of allylic oxidation sites excluding steroid dienone is 5. The lowest BCUT2D eigenvalue weighted by Crippen LogP contribution is -2.16. The number of unbranched alkanes of at least 4 members (excludes halogenated alkanes) is 5. The van der Waals surface area contributed by atoms with Gasteiger partial charge in [-0.3, -0.25) is 10.1 Å². The van der Waals surface area contributed by atoms with Gasteiger partial charge in [0.15, 0.2) is 0 Å². The largest absolute Gasteiger partial charge is 0.303 e. The Morgan fingerprint density at radius 3 is 2.45 bits per heavy atom. The van der Waals surface area contributed by atoms with Crippen LogP contribution in [0.2, 0.25) is 0 Å². The van der Waals surface area contributed by atoms with Crippen molar-refractivity contribution in [2.75, 3.05) is 0 Å². The minimum atomic E-state index is -0.565. The number of nitro groups is 1. The zero-order chi connectivity index (χ0) is 16.5. The lowest BCUT2D eigenvalue weighted by Gasteiger charge is -2.03. The molecule has 0 aliphatic carbocycles. The summed E-state index contributed by atoms with van der Waals surface area (Å²) in [7, 11) is 0. The Labute approximate surface area is 134 Å². The molecule has 0 fully saturated rings. The third kappa shape index (κ3) is 13.3. The van der Waals surface area contributed by atoms with E-state index in [2.05, 4.69) is 19.1 Å². The summed E-state index contributed by atoms with van der Waals surface area (Å²) in [5.41, 5.74) is 0. The Balaban J connectivity index is 3.84. The van der Waals surface area contributed by atoms with Crippen LogP contribution >= 0.6 is 0 Å². The molecule has 22 heavy (non-hydrogen) atoms. The highest BCUT2D eigenvalue weighted by Gasteiger charge is 2.14. The standard InChI is InChI=1S/C18H29NO3/c1-2-3-12-15-18(19(21)22)16-13-10-8-6-4-5-7-9-11-14-17-20/h4-5,8,10,13,16-18H,2-3,6-7,9,11-12,14-15H2,1H3/b5-4-,10-8-,16-13+. The van der Waals surface area contributed by atoms with Crippen LogP contribution in [-0.2, 0) is 4.79 Å². The summed E-state index contributed by atoms with van der Waals surface area (Å²) < 4.78 is 0. The molecule has 124 valence electrons. The highest BCUT2D eigenvalue weighted by molar-refractivity contribution is 5.48. The summed E-state index contributed by atoms with van der Waals surface area (Å²) in [6.45, 7) is 2.09. The number of carbonyl (C=O) groups excluding carboxylic acids is 1. The monoisotopic (exact) mass is 307 g/mol. The third-order valence-electron chi connectivity index (χ3n) is 3.34. The average Bonchev–Trinajstić information content (AvgIpc) is 2.50. The molecule has 0 radical (unpaired) electrons. The second kappa shape index (κ2) is 15.7. The number of rotatable bonds is 14. The van der Waals surface area contributed by atoms with Gasteiger partial charge in [-0.05, 0) is 38.2 Å². The Morgan fingerprint density at radius 1 is 1.00 bits per heavy atom. The molecule has 0 aliphatic heterocycles. The molecule has 0 saturated heterocycles. The SMILES string of the molecule is CCCCCC(/C=C/C=C\C/C=C\CCCCC=O)[N+](=O)[O-]. The Bertz CT molecular complexity index is 373. The highest BCUT2D eigenvalue weighted by atomic mass is 16.6. The van der Waals surface area contributed by atoms with Gasteiger partial charge in [0.25, 0.3) is 0 Å². The highest BCUT2D eigenvalue weighted by Crippen LogP contribution is 2.07. The van der Waals surface area contributed by atoms with Crippen LogP contribution in [0.25, 0.3) is 0 Å².